The predicted molar refractivity (Wildman–Crippen MR) is 65.6 cm³/mol. The van der Waals surface area contributed by atoms with Crippen LogP contribution in [0.25, 0.3) is 0 Å². The van der Waals surface area contributed by atoms with Crippen molar-refractivity contribution in [2.45, 2.75) is 20.1 Å². The summed E-state index contributed by atoms with van der Waals surface area (Å²) in [5.74, 6) is -1.69. The van der Waals surface area contributed by atoms with Crippen molar-refractivity contribution < 1.29 is 19.0 Å². The van der Waals surface area contributed by atoms with Gasteiger partial charge in [0.1, 0.15) is 23.7 Å². The minimum absolute atomic E-state index is 0.137. The maximum Gasteiger partial charge on any atom is 0.339 e. The molecule has 6 heteroatoms. The van der Waals surface area contributed by atoms with Crippen LogP contribution in [-0.2, 0) is 13.2 Å². The third kappa shape index (κ3) is 3.09. The lowest BCUT2D eigenvalue weighted by Crippen LogP contribution is -2.03. The highest BCUT2D eigenvalue weighted by Gasteiger charge is 2.12. The first-order chi connectivity index (χ1) is 9.10. The lowest BCUT2D eigenvalue weighted by atomic mass is 10.2. The topological polar surface area (TPSA) is 64.3 Å². The number of carboxylic acids is 1. The van der Waals surface area contributed by atoms with E-state index in [2.05, 4.69) is 5.10 Å². The summed E-state index contributed by atoms with van der Waals surface area (Å²) in [6.07, 6.45) is 3.46. The molecule has 1 aromatic heterocycles. The third-order valence-electron chi connectivity index (χ3n) is 2.58. The number of ether oxygens (including phenoxy) is 1. The first-order valence-electron chi connectivity index (χ1n) is 5.77. The Morgan fingerprint density at radius 2 is 2.32 bits per heavy atom. The van der Waals surface area contributed by atoms with E-state index in [0.717, 1.165) is 24.2 Å². The lowest BCUT2D eigenvalue weighted by molar-refractivity contribution is 0.0691. The highest BCUT2D eigenvalue weighted by atomic mass is 19.1. The summed E-state index contributed by atoms with van der Waals surface area (Å²) in [4.78, 5) is 11.0. The zero-order valence-electron chi connectivity index (χ0n) is 10.3. The van der Waals surface area contributed by atoms with Crippen molar-refractivity contribution in [3.63, 3.8) is 0 Å². The van der Waals surface area contributed by atoms with Crippen LogP contribution in [-0.4, -0.2) is 20.9 Å². The molecular formula is C13H13FN2O3. The van der Waals surface area contributed by atoms with E-state index < -0.39 is 11.8 Å². The van der Waals surface area contributed by atoms with Gasteiger partial charge in [0.2, 0.25) is 0 Å². The van der Waals surface area contributed by atoms with Gasteiger partial charge in [-0.2, -0.15) is 5.10 Å². The Labute approximate surface area is 109 Å². The molecule has 0 amide bonds. The van der Waals surface area contributed by atoms with Gasteiger partial charge in [-0.25, -0.2) is 9.18 Å². The Morgan fingerprint density at radius 1 is 1.53 bits per heavy atom. The summed E-state index contributed by atoms with van der Waals surface area (Å²) in [5.41, 5.74) is 0.630. The molecule has 0 radical (unpaired) electrons. The molecule has 0 bridgehead atoms. The second-order valence-electron chi connectivity index (χ2n) is 3.94. The van der Waals surface area contributed by atoms with Crippen LogP contribution < -0.4 is 4.74 Å². The van der Waals surface area contributed by atoms with Gasteiger partial charge in [0.05, 0.1) is 6.20 Å². The van der Waals surface area contributed by atoms with Crippen LogP contribution in [0.15, 0.2) is 30.6 Å². The highest BCUT2D eigenvalue weighted by Crippen LogP contribution is 2.20. The van der Waals surface area contributed by atoms with Gasteiger partial charge in [0, 0.05) is 18.3 Å². The predicted octanol–water partition coefficient (Wildman–Crippen LogP) is 2.32. The van der Waals surface area contributed by atoms with E-state index in [1.54, 1.807) is 10.9 Å². The molecule has 0 spiro atoms. The van der Waals surface area contributed by atoms with E-state index >= 15 is 0 Å². The van der Waals surface area contributed by atoms with Crippen molar-refractivity contribution in [3.8, 4) is 5.75 Å². The zero-order chi connectivity index (χ0) is 13.8. The number of hydrogen-bond donors (Lipinski definition) is 1. The summed E-state index contributed by atoms with van der Waals surface area (Å²) in [6.45, 7) is 2.89. The average Bonchev–Trinajstić information content (AvgIpc) is 2.85. The van der Waals surface area contributed by atoms with Crippen LogP contribution in [0.4, 0.5) is 4.39 Å². The summed E-state index contributed by atoms with van der Waals surface area (Å²) < 4.78 is 20.1. The van der Waals surface area contributed by atoms with E-state index in [4.69, 9.17) is 9.84 Å². The van der Waals surface area contributed by atoms with Crippen molar-refractivity contribution in [2.75, 3.05) is 0 Å². The van der Waals surface area contributed by atoms with Crippen molar-refractivity contribution in [1.82, 2.24) is 9.78 Å². The molecule has 1 aromatic carbocycles. The van der Waals surface area contributed by atoms with Crippen molar-refractivity contribution in [2.24, 2.45) is 0 Å². The molecule has 1 heterocycles. The van der Waals surface area contributed by atoms with Crippen LogP contribution in [0.2, 0.25) is 0 Å². The molecule has 5 nitrogen and oxygen atoms in total. The molecular weight excluding hydrogens is 251 g/mol. The molecule has 19 heavy (non-hydrogen) atoms. The van der Waals surface area contributed by atoms with E-state index in [9.17, 15) is 9.18 Å². The second kappa shape index (κ2) is 5.51. The molecule has 2 aromatic rings. The molecule has 0 aliphatic carbocycles. The summed E-state index contributed by atoms with van der Waals surface area (Å²) in [7, 11) is 0. The Balaban J connectivity index is 2.12. The Hall–Kier alpha value is -2.37. The monoisotopic (exact) mass is 264 g/mol. The van der Waals surface area contributed by atoms with Crippen LogP contribution in [0.3, 0.4) is 0 Å². The van der Waals surface area contributed by atoms with Gasteiger partial charge in [-0.05, 0) is 25.1 Å². The fourth-order valence-electron chi connectivity index (χ4n) is 1.61. The van der Waals surface area contributed by atoms with Crippen LogP contribution in [0, 0.1) is 5.82 Å². The maximum absolute atomic E-state index is 13.0. The van der Waals surface area contributed by atoms with Gasteiger partial charge in [0.25, 0.3) is 0 Å². The quantitative estimate of drug-likeness (QED) is 0.900. The summed E-state index contributed by atoms with van der Waals surface area (Å²) in [5, 5.41) is 13.0. The van der Waals surface area contributed by atoms with Gasteiger partial charge >= 0.3 is 5.97 Å². The van der Waals surface area contributed by atoms with Crippen molar-refractivity contribution in [3.05, 3.63) is 47.5 Å². The lowest BCUT2D eigenvalue weighted by Gasteiger charge is -2.07. The molecule has 0 saturated carbocycles. The Bertz CT molecular complexity index is 595. The van der Waals surface area contributed by atoms with Crippen LogP contribution in [0.5, 0.6) is 5.75 Å². The average molecular weight is 264 g/mol. The van der Waals surface area contributed by atoms with E-state index in [1.165, 1.54) is 6.07 Å². The van der Waals surface area contributed by atoms with Crippen LogP contribution in [0.1, 0.15) is 22.8 Å². The van der Waals surface area contributed by atoms with E-state index in [-0.39, 0.29) is 17.9 Å². The standard InChI is InChI=1S/C13H13FN2O3/c1-2-16-7-9(6-15-16)8-19-12-4-3-10(14)5-11(12)13(17)18/h3-7H,2,8H2,1H3,(H,17,18). The van der Waals surface area contributed by atoms with Gasteiger partial charge in [-0.1, -0.05) is 0 Å². The fourth-order valence-corrected chi connectivity index (χ4v) is 1.61. The minimum atomic E-state index is -1.22. The number of carbonyl (C=O) groups is 1. The van der Waals surface area contributed by atoms with Gasteiger partial charge in [-0.15, -0.1) is 0 Å². The molecule has 0 unspecified atom stereocenters. The third-order valence-corrected chi connectivity index (χ3v) is 2.58. The van der Waals surface area contributed by atoms with Gasteiger partial charge in [0.15, 0.2) is 0 Å². The maximum atomic E-state index is 13.0. The molecule has 0 aliphatic heterocycles. The molecule has 0 atom stereocenters. The van der Waals surface area contributed by atoms with E-state index in [0.29, 0.717) is 0 Å². The highest BCUT2D eigenvalue weighted by molar-refractivity contribution is 5.90. The van der Waals surface area contributed by atoms with Gasteiger partial charge in [-0.3, -0.25) is 4.68 Å². The number of aryl methyl sites for hydroxylation is 1. The zero-order valence-corrected chi connectivity index (χ0v) is 10.3. The Kier molecular flexibility index (Phi) is 3.79. The fraction of sp³-hybridized carbons (Fsp3) is 0.231. The molecule has 0 saturated heterocycles. The largest absolute Gasteiger partial charge is 0.488 e. The number of carboxylic acid groups (broad SMARTS) is 1. The number of benzene rings is 1. The first kappa shape index (κ1) is 13.1. The number of aromatic carboxylic acids is 1. The summed E-state index contributed by atoms with van der Waals surface area (Å²) >= 11 is 0. The number of aromatic nitrogens is 2. The van der Waals surface area contributed by atoms with Crippen molar-refractivity contribution >= 4 is 5.97 Å². The van der Waals surface area contributed by atoms with Gasteiger partial charge < -0.3 is 9.84 Å². The number of nitrogens with zero attached hydrogens (tertiary/aromatic N) is 2. The first-order valence-corrected chi connectivity index (χ1v) is 5.77. The molecule has 1 N–H and O–H groups in total. The number of halogens is 1. The minimum Gasteiger partial charge on any atom is -0.488 e. The normalized spacial score (nSPS) is 10.4. The Morgan fingerprint density at radius 3 is 2.95 bits per heavy atom. The molecule has 2 rings (SSSR count). The number of hydrogen-bond acceptors (Lipinski definition) is 3. The number of rotatable bonds is 5. The smallest absolute Gasteiger partial charge is 0.339 e. The van der Waals surface area contributed by atoms with Crippen LogP contribution >= 0.6 is 0 Å². The molecule has 0 aliphatic rings. The van der Waals surface area contributed by atoms with E-state index in [1.807, 2.05) is 13.1 Å². The molecule has 0 fully saturated rings. The van der Waals surface area contributed by atoms with Crippen molar-refractivity contribution in [1.29, 1.82) is 0 Å². The summed E-state index contributed by atoms with van der Waals surface area (Å²) in [6, 6.07) is 3.41. The second-order valence-corrected chi connectivity index (χ2v) is 3.94. The molecule has 100 valence electrons. The SMILES string of the molecule is CCn1cc(COc2ccc(F)cc2C(=O)O)cn1.